The molecule has 7 nitrogen and oxygen atoms in total. The predicted molar refractivity (Wildman–Crippen MR) is 96.6 cm³/mol. The van der Waals surface area contributed by atoms with E-state index in [4.69, 9.17) is 15.2 Å². The summed E-state index contributed by atoms with van der Waals surface area (Å²) >= 11 is 1.33. The molecular weight excluding hydrogens is 340 g/mol. The van der Waals surface area contributed by atoms with Gasteiger partial charge in [-0.3, -0.25) is 0 Å². The summed E-state index contributed by atoms with van der Waals surface area (Å²) in [5, 5.41) is 9.14. The number of aryl methyl sites for hydroxylation is 1. The SMILES string of the molecule is Cc1cc(-c2nnc(N)s2)cc2c1OCCN(C(=O)OC(C)(C)C)C2. The Bertz CT molecular complexity index is 798. The van der Waals surface area contributed by atoms with E-state index < -0.39 is 5.60 Å². The van der Waals surface area contributed by atoms with E-state index >= 15 is 0 Å². The minimum Gasteiger partial charge on any atom is -0.491 e. The van der Waals surface area contributed by atoms with Gasteiger partial charge in [-0.2, -0.15) is 0 Å². The Kier molecular flexibility index (Phi) is 4.55. The first-order valence-corrected chi connectivity index (χ1v) is 8.88. The van der Waals surface area contributed by atoms with E-state index in [-0.39, 0.29) is 6.09 Å². The number of aromatic nitrogens is 2. The van der Waals surface area contributed by atoms with Crippen LogP contribution in [0.4, 0.5) is 9.93 Å². The van der Waals surface area contributed by atoms with Crippen LogP contribution in [0.15, 0.2) is 12.1 Å². The first kappa shape index (κ1) is 17.5. The second-order valence-electron chi connectivity index (χ2n) is 6.98. The quantitative estimate of drug-likeness (QED) is 0.837. The van der Waals surface area contributed by atoms with Crippen LogP contribution < -0.4 is 10.5 Å². The molecule has 25 heavy (non-hydrogen) atoms. The van der Waals surface area contributed by atoms with Crippen molar-refractivity contribution < 1.29 is 14.3 Å². The Morgan fingerprint density at radius 3 is 2.76 bits per heavy atom. The van der Waals surface area contributed by atoms with Crippen LogP contribution in [-0.2, 0) is 11.3 Å². The van der Waals surface area contributed by atoms with Gasteiger partial charge in [-0.25, -0.2) is 4.79 Å². The fraction of sp³-hybridized carbons (Fsp3) is 0.471. The molecule has 3 rings (SSSR count). The van der Waals surface area contributed by atoms with Crippen LogP contribution in [0.3, 0.4) is 0 Å². The van der Waals surface area contributed by atoms with Crippen LogP contribution >= 0.6 is 11.3 Å². The number of nitrogens with two attached hydrogens (primary N) is 1. The van der Waals surface area contributed by atoms with Gasteiger partial charge in [0, 0.05) is 11.1 Å². The molecule has 2 heterocycles. The van der Waals surface area contributed by atoms with Crippen molar-refractivity contribution in [2.45, 2.75) is 39.8 Å². The lowest BCUT2D eigenvalue weighted by atomic mass is 10.0. The molecule has 0 atom stereocenters. The monoisotopic (exact) mass is 362 g/mol. The van der Waals surface area contributed by atoms with Gasteiger partial charge in [0.1, 0.15) is 23.0 Å². The number of carbonyl (C=O) groups is 1. The molecule has 134 valence electrons. The van der Waals surface area contributed by atoms with Crippen molar-refractivity contribution in [1.82, 2.24) is 15.1 Å². The van der Waals surface area contributed by atoms with Gasteiger partial charge < -0.3 is 20.1 Å². The van der Waals surface area contributed by atoms with Crippen LogP contribution in [0.5, 0.6) is 5.75 Å². The van der Waals surface area contributed by atoms with Crippen LogP contribution in [0.2, 0.25) is 0 Å². The zero-order valence-corrected chi connectivity index (χ0v) is 15.6. The number of nitrogens with zero attached hydrogens (tertiary/aromatic N) is 3. The highest BCUT2D eigenvalue weighted by molar-refractivity contribution is 7.18. The lowest BCUT2D eigenvalue weighted by Gasteiger charge is -2.26. The molecule has 0 spiro atoms. The van der Waals surface area contributed by atoms with E-state index in [1.807, 2.05) is 39.8 Å². The van der Waals surface area contributed by atoms with E-state index in [9.17, 15) is 4.79 Å². The van der Waals surface area contributed by atoms with Crippen molar-refractivity contribution in [3.8, 4) is 16.3 Å². The smallest absolute Gasteiger partial charge is 0.410 e. The highest BCUT2D eigenvalue weighted by Gasteiger charge is 2.26. The molecular formula is C17H22N4O3S. The van der Waals surface area contributed by atoms with Gasteiger partial charge in [-0.1, -0.05) is 11.3 Å². The number of benzene rings is 1. The van der Waals surface area contributed by atoms with E-state index in [0.717, 1.165) is 27.4 Å². The maximum atomic E-state index is 12.4. The first-order chi connectivity index (χ1) is 11.7. The molecule has 8 heteroatoms. The molecule has 2 aromatic rings. The summed E-state index contributed by atoms with van der Waals surface area (Å²) in [6.07, 6.45) is -0.341. The van der Waals surface area contributed by atoms with Gasteiger partial charge >= 0.3 is 6.09 Å². The van der Waals surface area contributed by atoms with Gasteiger partial charge in [0.25, 0.3) is 0 Å². The molecule has 0 aliphatic carbocycles. The zero-order valence-electron chi connectivity index (χ0n) is 14.8. The molecule has 0 radical (unpaired) electrons. The van der Waals surface area contributed by atoms with Crippen molar-refractivity contribution in [3.63, 3.8) is 0 Å². The van der Waals surface area contributed by atoms with E-state index in [2.05, 4.69) is 10.2 Å². The molecule has 1 aromatic carbocycles. The number of amides is 1. The minimum atomic E-state index is -0.533. The van der Waals surface area contributed by atoms with Crippen molar-refractivity contribution in [2.75, 3.05) is 18.9 Å². The summed E-state index contributed by atoms with van der Waals surface area (Å²) in [4.78, 5) is 14.1. The molecule has 1 aromatic heterocycles. The third-order valence-electron chi connectivity index (χ3n) is 3.66. The zero-order chi connectivity index (χ0) is 18.2. The maximum Gasteiger partial charge on any atom is 0.410 e. The lowest BCUT2D eigenvalue weighted by molar-refractivity contribution is 0.0225. The van der Waals surface area contributed by atoms with Crippen LogP contribution in [-0.4, -0.2) is 39.9 Å². The lowest BCUT2D eigenvalue weighted by Crippen LogP contribution is -2.37. The predicted octanol–water partition coefficient (Wildman–Crippen LogP) is 3.23. The Balaban J connectivity index is 1.91. The van der Waals surface area contributed by atoms with Crippen molar-refractivity contribution in [2.24, 2.45) is 0 Å². The topological polar surface area (TPSA) is 90.6 Å². The molecule has 1 aliphatic heterocycles. The Morgan fingerprint density at radius 1 is 1.36 bits per heavy atom. The molecule has 0 bridgehead atoms. The average molecular weight is 362 g/mol. The van der Waals surface area contributed by atoms with E-state index in [1.165, 1.54) is 11.3 Å². The number of rotatable bonds is 1. The largest absolute Gasteiger partial charge is 0.491 e. The van der Waals surface area contributed by atoms with Gasteiger partial charge in [0.05, 0.1) is 13.1 Å². The summed E-state index contributed by atoms with van der Waals surface area (Å²) in [5.74, 6) is 0.812. The number of ether oxygens (including phenoxy) is 2. The van der Waals surface area contributed by atoms with Gasteiger partial charge in [-0.05, 0) is 45.4 Å². The fourth-order valence-corrected chi connectivity index (χ4v) is 3.27. The summed E-state index contributed by atoms with van der Waals surface area (Å²) < 4.78 is 11.4. The van der Waals surface area contributed by atoms with Crippen molar-refractivity contribution in [1.29, 1.82) is 0 Å². The number of fused-ring (bicyclic) bond motifs is 1. The van der Waals surface area contributed by atoms with Gasteiger partial charge in [0.2, 0.25) is 5.13 Å². The summed E-state index contributed by atoms with van der Waals surface area (Å²) in [7, 11) is 0. The summed E-state index contributed by atoms with van der Waals surface area (Å²) in [6, 6.07) is 3.98. The number of nitrogen functional groups attached to an aromatic ring is 1. The van der Waals surface area contributed by atoms with Crippen LogP contribution in [0.1, 0.15) is 31.9 Å². The van der Waals surface area contributed by atoms with Crippen LogP contribution in [0, 0.1) is 6.92 Å². The number of anilines is 1. The minimum absolute atomic E-state index is 0.341. The molecule has 0 saturated heterocycles. The second-order valence-corrected chi connectivity index (χ2v) is 7.99. The van der Waals surface area contributed by atoms with Gasteiger partial charge in [0.15, 0.2) is 0 Å². The van der Waals surface area contributed by atoms with Crippen LogP contribution in [0.25, 0.3) is 10.6 Å². The number of carbonyl (C=O) groups excluding carboxylic acids is 1. The first-order valence-electron chi connectivity index (χ1n) is 8.06. The molecule has 0 saturated carbocycles. The molecule has 2 N–H and O–H groups in total. The average Bonchev–Trinajstić information content (AvgIpc) is 2.80. The normalized spacial score (nSPS) is 14.5. The number of hydrogen-bond acceptors (Lipinski definition) is 7. The fourth-order valence-electron chi connectivity index (χ4n) is 2.67. The maximum absolute atomic E-state index is 12.4. The van der Waals surface area contributed by atoms with Crippen molar-refractivity contribution >= 4 is 22.6 Å². The summed E-state index contributed by atoms with van der Waals surface area (Å²) in [5.41, 5.74) is 7.99. The number of hydrogen-bond donors (Lipinski definition) is 1. The third-order valence-corrected chi connectivity index (χ3v) is 4.46. The molecule has 0 unspecified atom stereocenters. The second kappa shape index (κ2) is 6.51. The van der Waals surface area contributed by atoms with E-state index in [0.29, 0.717) is 24.8 Å². The highest BCUT2D eigenvalue weighted by atomic mass is 32.1. The molecule has 1 amide bonds. The van der Waals surface area contributed by atoms with E-state index in [1.54, 1.807) is 4.90 Å². The molecule has 0 fully saturated rings. The summed E-state index contributed by atoms with van der Waals surface area (Å²) in [6.45, 7) is 8.88. The third kappa shape index (κ3) is 4.01. The Hall–Kier alpha value is -2.35. The standard InChI is InChI=1S/C17H22N4O3S/c1-10-7-11(14-19-20-15(18)25-14)8-12-9-21(5-6-23-13(10)12)16(22)24-17(2,3)4/h7-8H,5-6,9H2,1-4H3,(H2,18,20). The molecule has 1 aliphatic rings. The van der Waals surface area contributed by atoms with Crippen molar-refractivity contribution in [3.05, 3.63) is 23.3 Å². The highest BCUT2D eigenvalue weighted by Crippen LogP contribution is 2.34. The Morgan fingerprint density at radius 2 is 2.12 bits per heavy atom. The van der Waals surface area contributed by atoms with Gasteiger partial charge in [-0.15, -0.1) is 10.2 Å². The Labute approximate surface area is 150 Å².